The van der Waals surface area contributed by atoms with Crippen LogP contribution in [0.1, 0.15) is 112 Å². The van der Waals surface area contributed by atoms with Gasteiger partial charge in [-0.1, -0.05) is 137 Å². The van der Waals surface area contributed by atoms with E-state index in [9.17, 15) is 19.2 Å². The normalized spacial score (nSPS) is 16.7. The van der Waals surface area contributed by atoms with Crippen molar-refractivity contribution in [2.24, 2.45) is 0 Å². The maximum Gasteiger partial charge on any atom is 0.250 e. The van der Waals surface area contributed by atoms with Gasteiger partial charge in [0, 0.05) is 51.4 Å². The summed E-state index contributed by atoms with van der Waals surface area (Å²) in [5, 5.41) is 7.97. The molecule has 366 valence electrons. The quantitative estimate of drug-likeness (QED) is 0.0729. The molecule has 2 fully saturated rings. The van der Waals surface area contributed by atoms with Crippen LogP contribution in [-0.4, -0.2) is 106 Å². The van der Waals surface area contributed by atoms with Gasteiger partial charge in [-0.15, -0.1) is 22.7 Å². The molecule has 0 saturated carbocycles. The number of carbonyl (C=O) groups excluding carboxylic acids is 4. The minimum atomic E-state index is -0.763. The third kappa shape index (κ3) is 12.1. The van der Waals surface area contributed by atoms with Crippen LogP contribution in [0.4, 0.5) is 0 Å². The number of nitrogens with zero attached hydrogens (tertiary/aromatic N) is 6. The van der Waals surface area contributed by atoms with Crippen molar-refractivity contribution in [1.29, 1.82) is 0 Å². The Morgan fingerprint density at radius 3 is 1.26 bits per heavy atom. The maximum absolute atomic E-state index is 14.3. The first-order chi connectivity index (χ1) is 34.2. The lowest BCUT2D eigenvalue weighted by atomic mass is 10.0. The average molecular weight is 979 g/mol. The van der Waals surface area contributed by atoms with E-state index in [1.54, 1.807) is 22.7 Å². The number of benzene rings is 4. The monoisotopic (exact) mass is 978 g/mol. The molecule has 4 heterocycles. The molecule has 0 aliphatic carbocycles. The molecule has 0 spiro atoms. The van der Waals surface area contributed by atoms with Gasteiger partial charge in [0.1, 0.15) is 22.1 Å². The summed E-state index contributed by atoms with van der Waals surface area (Å²) in [7, 11) is 0. The van der Waals surface area contributed by atoms with Gasteiger partial charge in [0.15, 0.2) is 0 Å². The third-order valence-corrected chi connectivity index (χ3v) is 16.1. The zero-order valence-electron chi connectivity index (χ0n) is 40.9. The standard InChI is InChI=1S/C56H66N8O4S2/c1-5-61(6-2)35-31-49(65)59-51(43-17-11-9-12-18-43)55(67)63-33-15-21-45(63)53-57-37-47(69-53)41-27-23-39(24-28-41)40-25-29-42(30-26-40)48-38-58-54(70-48)46-22-16-34-64(46)56(68)52(44-19-13-10-14-20-44)60-50(66)32-36-62(7-3)8-4/h9-14,17-20,23-30,37-38,45-46,51-52H,5-8,15-16,21-22,31-36H2,1-4H3,(H,59,65)(H,60,66)/t45-,46-,51+,52+/m0/s1. The molecule has 0 radical (unpaired) electrons. The van der Waals surface area contributed by atoms with Gasteiger partial charge in [-0.05, 0) is 85.2 Å². The molecule has 4 amide bonds. The molecule has 2 aliphatic heterocycles. The fourth-order valence-corrected chi connectivity index (χ4v) is 11.8. The van der Waals surface area contributed by atoms with E-state index in [1.165, 1.54) is 0 Å². The Bertz CT molecular complexity index is 2470. The number of carbonyl (C=O) groups is 4. The van der Waals surface area contributed by atoms with Crippen molar-refractivity contribution in [1.82, 2.24) is 40.2 Å². The van der Waals surface area contributed by atoms with E-state index >= 15 is 0 Å². The van der Waals surface area contributed by atoms with Crippen LogP contribution in [0.25, 0.3) is 32.0 Å². The van der Waals surface area contributed by atoms with Gasteiger partial charge in [-0.25, -0.2) is 9.97 Å². The number of hydrogen-bond acceptors (Lipinski definition) is 10. The molecule has 0 bridgehead atoms. The van der Waals surface area contributed by atoms with E-state index in [4.69, 9.17) is 9.97 Å². The summed E-state index contributed by atoms with van der Waals surface area (Å²) in [6.45, 7) is 14.4. The highest BCUT2D eigenvalue weighted by Crippen LogP contribution is 2.41. The first-order valence-electron chi connectivity index (χ1n) is 25.0. The van der Waals surface area contributed by atoms with E-state index in [0.29, 0.717) is 39.0 Å². The van der Waals surface area contributed by atoms with Crippen LogP contribution in [0.15, 0.2) is 122 Å². The molecule has 6 aromatic rings. The summed E-state index contributed by atoms with van der Waals surface area (Å²) in [6.07, 6.45) is 7.87. The van der Waals surface area contributed by atoms with Crippen molar-refractivity contribution in [3.8, 4) is 32.0 Å². The van der Waals surface area contributed by atoms with Crippen molar-refractivity contribution in [2.45, 2.75) is 90.4 Å². The van der Waals surface area contributed by atoms with Gasteiger partial charge in [-0.2, -0.15) is 0 Å². The summed E-state index contributed by atoms with van der Waals surface area (Å²) in [6, 6.07) is 34.3. The molecule has 70 heavy (non-hydrogen) atoms. The van der Waals surface area contributed by atoms with Crippen LogP contribution in [0.5, 0.6) is 0 Å². The van der Waals surface area contributed by atoms with E-state index in [2.05, 4.69) is 96.7 Å². The lowest BCUT2D eigenvalue weighted by molar-refractivity contribution is -0.137. The highest BCUT2D eigenvalue weighted by molar-refractivity contribution is 7.15. The van der Waals surface area contributed by atoms with Gasteiger partial charge in [0.2, 0.25) is 23.6 Å². The Hall–Kier alpha value is -6.06. The second-order valence-corrected chi connectivity index (χ2v) is 20.2. The van der Waals surface area contributed by atoms with Crippen LogP contribution in [-0.2, 0) is 19.2 Å². The fourth-order valence-electron chi connectivity index (χ4n) is 9.64. The summed E-state index contributed by atoms with van der Waals surface area (Å²) < 4.78 is 0. The van der Waals surface area contributed by atoms with Gasteiger partial charge in [0.25, 0.3) is 0 Å². The molecule has 12 nitrogen and oxygen atoms in total. The van der Waals surface area contributed by atoms with E-state index in [0.717, 1.165) is 105 Å². The van der Waals surface area contributed by atoms with Crippen molar-refractivity contribution in [2.75, 3.05) is 52.4 Å². The Labute approximate surface area is 421 Å². The van der Waals surface area contributed by atoms with Crippen LogP contribution >= 0.6 is 22.7 Å². The first-order valence-corrected chi connectivity index (χ1v) is 26.7. The highest BCUT2D eigenvalue weighted by atomic mass is 32.1. The van der Waals surface area contributed by atoms with Crippen molar-refractivity contribution < 1.29 is 19.2 Å². The smallest absolute Gasteiger partial charge is 0.250 e. The molecule has 0 unspecified atom stereocenters. The molecular weight excluding hydrogens is 913 g/mol. The molecule has 4 atom stereocenters. The molecule has 2 aromatic heterocycles. The molecule has 8 rings (SSSR count). The highest BCUT2D eigenvalue weighted by Gasteiger charge is 2.38. The zero-order chi connectivity index (χ0) is 49.0. The Kier molecular flexibility index (Phi) is 17.4. The van der Waals surface area contributed by atoms with Gasteiger partial charge < -0.3 is 30.2 Å². The summed E-state index contributed by atoms with van der Waals surface area (Å²) in [5.74, 6) is -0.456. The Balaban J connectivity index is 0.905. The molecule has 2 aliphatic rings. The van der Waals surface area contributed by atoms with Gasteiger partial charge in [0.05, 0.1) is 21.8 Å². The van der Waals surface area contributed by atoms with Crippen molar-refractivity contribution >= 4 is 46.3 Å². The predicted octanol–water partition coefficient (Wildman–Crippen LogP) is 10.1. The molecule has 4 aromatic carbocycles. The maximum atomic E-state index is 14.3. The van der Waals surface area contributed by atoms with Crippen molar-refractivity contribution in [3.63, 3.8) is 0 Å². The predicted molar refractivity (Wildman–Crippen MR) is 281 cm³/mol. The van der Waals surface area contributed by atoms with Crippen LogP contribution in [0.2, 0.25) is 0 Å². The fraction of sp³-hybridized carbons (Fsp3) is 0.393. The second kappa shape index (κ2) is 24.2. The number of amides is 4. The first kappa shape index (κ1) is 50.3. The van der Waals surface area contributed by atoms with Gasteiger partial charge >= 0.3 is 0 Å². The number of rotatable bonds is 21. The molecule has 14 heteroatoms. The van der Waals surface area contributed by atoms with E-state index in [1.807, 2.05) is 82.9 Å². The number of hydrogen-bond donors (Lipinski definition) is 2. The van der Waals surface area contributed by atoms with Crippen LogP contribution in [0, 0.1) is 0 Å². The minimum Gasteiger partial charge on any atom is -0.340 e. The number of likely N-dealkylation sites (tertiary alicyclic amines) is 2. The average Bonchev–Trinajstić information content (AvgIpc) is 4.26. The third-order valence-electron chi connectivity index (χ3n) is 13.8. The molecular formula is C56H66N8O4S2. The molecule has 2 saturated heterocycles. The SMILES string of the molecule is CCN(CC)CCC(=O)N[C@@H](C(=O)N1CCC[C@H]1c1ncc(-c2ccc(-c3ccc(-c4cnc([C@@H]5CCCN5C(=O)[C@H](NC(=O)CCN(CC)CC)c5ccccc5)s4)cc3)cc2)s1)c1ccccc1. The minimum absolute atomic E-state index is 0.0996. The number of nitrogens with one attached hydrogen (secondary N) is 2. The van der Waals surface area contributed by atoms with Crippen LogP contribution in [0.3, 0.4) is 0 Å². The van der Waals surface area contributed by atoms with E-state index in [-0.39, 0.29) is 35.7 Å². The number of thiazole rings is 2. The van der Waals surface area contributed by atoms with E-state index < -0.39 is 12.1 Å². The lowest BCUT2D eigenvalue weighted by Gasteiger charge is -2.29. The van der Waals surface area contributed by atoms with Crippen molar-refractivity contribution in [3.05, 3.63) is 143 Å². The van der Waals surface area contributed by atoms with Gasteiger partial charge in [-0.3, -0.25) is 19.2 Å². The number of aromatic nitrogens is 2. The Morgan fingerprint density at radius 2 is 0.900 bits per heavy atom. The lowest BCUT2D eigenvalue weighted by Crippen LogP contribution is -2.43. The summed E-state index contributed by atoms with van der Waals surface area (Å²) in [4.78, 5) is 75.2. The molecule has 2 N–H and O–H groups in total. The topological polar surface area (TPSA) is 131 Å². The largest absolute Gasteiger partial charge is 0.340 e. The second-order valence-electron chi connectivity index (χ2n) is 18.0. The summed E-state index contributed by atoms with van der Waals surface area (Å²) in [5.41, 5.74) is 5.87. The van der Waals surface area contributed by atoms with Crippen LogP contribution < -0.4 is 10.6 Å². The zero-order valence-corrected chi connectivity index (χ0v) is 42.5. The summed E-state index contributed by atoms with van der Waals surface area (Å²) >= 11 is 3.24. The Morgan fingerprint density at radius 1 is 0.543 bits per heavy atom.